The number of quaternary nitrogens is 1. The maximum absolute atomic E-state index is 9.66. The lowest BCUT2D eigenvalue weighted by Gasteiger charge is -2.36. The highest BCUT2D eigenvalue weighted by atomic mass is 35.5. The van der Waals surface area contributed by atoms with Crippen LogP contribution in [0.1, 0.15) is 78.1 Å². The van der Waals surface area contributed by atoms with Gasteiger partial charge < -0.3 is 9.59 Å². The van der Waals surface area contributed by atoms with Crippen molar-refractivity contribution in [2.24, 2.45) is 0 Å². The van der Waals surface area contributed by atoms with Crippen LogP contribution >= 0.6 is 11.6 Å². The molecule has 3 atom stereocenters. The molecule has 0 amide bonds. The molecule has 0 aromatic rings. The predicted octanol–water partition coefficient (Wildman–Crippen LogP) is 4.97. The average molecular weight is 321 g/mol. The monoisotopic (exact) mass is 320 g/mol. The van der Waals surface area contributed by atoms with Crippen LogP contribution in [0.25, 0.3) is 0 Å². The molecule has 0 rings (SSSR count). The zero-order chi connectivity index (χ0) is 16.3. The zero-order valence-electron chi connectivity index (χ0n) is 15.1. The normalized spacial score (nSPS) is 16.7. The molecule has 1 N–H and O–H groups in total. The second kappa shape index (κ2) is 11.7. The lowest BCUT2D eigenvalue weighted by molar-refractivity contribution is -0.897. The first-order valence-electron chi connectivity index (χ1n) is 8.90. The summed E-state index contributed by atoms with van der Waals surface area (Å²) in [4.78, 5) is 0. The summed E-state index contributed by atoms with van der Waals surface area (Å²) in [6.45, 7) is 4.14. The fraction of sp³-hybridized carbons (Fsp3) is 1.00. The van der Waals surface area contributed by atoms with E-state index in [1.165, 1.54) is 44.9 Å². The standard InChI is InChI=1S/C18H39ClNO/c1-6-7-8-9-10-11-12-13-17(19)15-18(14-16(2)21)20(3,4)5/h16-18,21H,6-15H2,1-5H3/q+1. The predicted molar refractivity (Wildman–Crippen MR) is 95.0 cm³/mol. The van der Waals surface area contributed by atoms with Gasteiger partial charge in [-0.2, -0.15) is 0 Å². The van der Waals surface area contributed by atoms with Gasteiger partial charge in [0.25, 0.3) is 0 Å². The quantitative estimate of drug-likeness (QED) is 0.288. The van der Waals surface area contributed by atoms with E-state index >= 15 is 0 Å². The van der Waals surface area contributed by atoms with Crippen LogP contribution in [0.3, 0.4) is 0 Å². The van der Waals surface area contributed by atoms with E-state index in [0.717, 1.165) is 23.7 Å². The Morgan fingerprint density at radius 1 is 0.905 bits per heavy atom. The van der Waals surface area contributed by atoms with Crippen LogP contribution in [-0.2, 0) is 0 Å². The summed E-state index contributed by atoms with van der Waals surface area (Å²) in [7, 11) is 6.60. The Hall–Kier alpha value is 0.210. The molecule has 3 unspecified atom stereocenters. The second-order valence-electron chi connectivity index (χ2n) is 7.60. The molecule has 0 aliphatic carbocycles. The molecule has 0 heterocycles. The number of hydrogen-bond donors (Lipinski definition) is 1. The average Bonchev–Trinajstić information content (AvgIpc) is 2.35. The Morgan fingerprint density at radius 2 is 1.43 bits per heavy atom. The maximum Gasteiger partial charge on any atom is 0.0923 e. The summed E-state index contributed by atoms with van der Waals surface area (Å²) in [5.41, 5.74) is 0. The number of aliphatic hydroxyl groups is 1. The Morgan fingerprint density at radius 3 is 1.90 bits per heavy atom. The van der Waals surface area contributed by atoms with Crippen LogP contribution in [0.2, 0.25) is 0 Å². The van der Waals surface area contributed by atoms with E-state index in [1.807, 2.05) is 6.92 Å². The van der Waals surface area contributed by atoms with Gasteiger partial charge in [0, 0.05) is 18.2 Å². The number of halogens is 1. The molecule has 0 fully saturated rings. The van der Waals surface area contributed by atoms with E-state index in [4.69, 9.17) is 11.6 Å². The van der Waals surface area contributed by atoms with Gasteiger partial charge in [-0.25, -0.2) is 0 Å². The molecular formula is C18H39ClNO+. The number of unbranched alkanes of at least 4 members (excludes halogenated alkanes) is 6. The van der Waals surface area contributed by atoms with Crippen LogP contribution in [-0.4, -0.2) is 48.3 Å². The largest absolute Gasteiger partial charge is 0.393 e. The van der Waals surface area contributed by atoms with Crippen LogP contribution in [0.5, 0.6) is 0 Å². The molecule has 0 spiro atoms. The molecule has 128 valence electrons. The first-order chi connectivity index (χ1) is 9.77. The zero-order valence-corrected chi connectivity index (χ0v) is 15.8. The van der Waals surface area contributed by atoms with E-state index < -0.39 is 0 Å². The van der Waals surface area contributed by atoms with Crippen molar-refractivity contribution in [3.8, 4) is 0 Å². The number of nitrogens with zero attached hydrogens (tertiary/aromatic N) is 1. The Bertz CT molecular complexity index is 238. The first-order valence-corrected chi connectivity index (χ1v) is 9.34. The van der Waals surface area contributed by atoms with E-state index in [2.05, 4.69) is 28.1 Å². The van der Waals surface area contributed by atoms with Crippen molar-refractivity contribution in [3.05, 3.63) is 0 Å². The van der Waals surface area contributed by atoms with Gasteiger partial charge in [0.2, 0.25) is 0 Å². The Balaban J connectivity index is 3.85. The number of aliphatic hydroxyl groups excluding tert-OH is 1. The van der Waals surface area contributed by atoms with Gasteiger partial charge in [-0.1, -0.05) is 51.9 Å². The molecule has 2 nitrogen and oxygen atoms in total. The fourth-order valence-corrected chi connectivity index (χ4v) is 3.22. The van der Waals surface area contributed by atoms with E-state index in [-0.39, 0.29) is 11.5 Å². The SMILES string of the molecule is CCCCCCCCCC(Cl)CC(CC(C)O)[N+](C)(C)C. The fourth-order valence-electron chi connectivity index (χ4n) is 2.86. The van der Waals surface area contributed by atoms with E-state index in [1.54, 1.807) is 0 Å². The van der Waals surface area contributed by atoms with Crippen molar-refractivity contribution in [2.45, 2.75) is 95.6 Å². The Labute approximate surface area is 138 Å². The highest BCUT2D eigenvalue weighted by molar-refractivity contribution is 6.20. The van der Waals surface area contributed by atoms with Crippen LogP contribution in [0.4, 0.5) is 0 Å². The third kappa shape index (κ3) is 12.4. The summed E-state index contributed by atoms with van der Waals surface area (Å²) < 4.78 is 0.880. The Kier molecular flexibility index (Phi) is 11.9. The highest BCUT2D eigenvalue weighted by Gasteiger charge is 2.27. The van der Waals surface area contributed by atoms with Crippen LogP contribution < -0.4 is 0 Å². The number of rotatable bonds is 13. The van der Waals surface area contributed by atoms with Crippen LogP contribution in [0, 0.1) is 0 Å². The maximum atomic E-state index is 9.66. The molecule has 0 aromatic carbocycles. The van der Waals surface area contributed by atoms with E-state index in [0.29, 0.717) is 6.04 Å². The smallest absolute Gasteiger partial charge is 0.0923 e. The number of hydrogen-bond acceptors (Lipinski definition) is 1. The summed E-state index contributed by atoms with van der Waals surface area (Å²) in [6, 6.07) is 0.442. The molecule has 3 heteroatoms. The van der Waals surface area contributed by atoms with E-state index in [9.17, 15) is 5.11 Å². The molecular weight excluding hydrogens is 282 g/mol. The molecule has 0 aromatic heterocycles. The summed E-state index contributed by atoms with van der Waals surface area (Å²) in [5, 5.41) is 9.91. The molecule has 21 heavy (non-hydrogen) atoms. The van der Waals surface area contributed by atoms with Crippen LogP contribution in [0.15, 0.2) is 0 Å². The highest BCUT2D eigenvalue weighted by Crippen LogP contribution is 2.22. The minimum Gasteiger partial charge on any atom is -0.393 e. The van der Waals surface area contributed by atoms with Crippen molar-refractivity contribution in [1.29, 1.82) is 0 Å². The second-order valence-corrected chi connectivity index (χ2v) is 8.21. The van der Waals surface area contributed by atoms with Crippen molar-refractivity contribution in [2.75, 3.05) is 21.1 Å². The molecule has 0 aliphatic heterocycles. The van der Waals surface area contributed by atoms with Gasteiger partial charge >= 0.3 is 0 Å². The van der Waals surface area contributed by atoms with Gasteiger partial charge in [-0.3, -0.25) is 0 Å². The van der Waals surface area contributed by atoms with Gasteiger partial charge in [0.15, 0.2) is 0 Å². The minimum atomic E-state index is -0.241. The molecule has 0 bridgehead atoms. The molecule has 0 saturated carbocycles. The molecule has 0 saturated heterocycles. The van der Waals surface area contributed by atoms with Crippen molar-refractivity contribution in [1.82, 2.24) is 0 Å². The minimum absolute atomic E-state index is 0.241. The lowest BCUT2D eigenvalue weighted by atomic mass is 9.98. The third-order valence-electron chi connectivity index (χ3n) is 4.36. The third-order valence-corrected chi connectivity index (χ3v) is 4.75. The summed E-state index contributed by atoms with van der Waals surface area (Å²) in [6.07, 6.45) is 12.1. The molecule has 0 aliphatic rings. The van der Waals surface area contributed by atoms with Gasteiger partial charge in [0.1, 0.15) is 0 Å². The van der Waals surface area contributed by atoms with Gasteiger partial charge in [-0.05, 0) is 13.3 Å². The lowest BCUT2D eigenvalue weighted by Crippen LogP contribution is -2.47. The van der Waals surface area contributed by atoms with Gasteiger partial charge in [-0.15, -0.1) is 11.6 Å². The van der Waals surface area contributed by atoms with Crippen molar-refractivity contribution >= 4 is 11.6 Å². The van der Waals surface area contributed by atoms with Crippen molar-refractivity contribution < 1.29 is 9.59 Å². The number of alkyl halides is 1. The van der Waals surface area contributed by atoms with Crippen molar-refractivity contribution in [3.63, 3.8) is 0 Å². The summed E-state index contributed by atoms with van der Waals surface area (Å²) >= 11 is 6.54. The molecule has 0 radical (unpaired) electrons. The topological polar surface area (TPSA) is 20.2 Å². The summed E-state index contributed by atoms with van der Waals surface area (Å²) in [5.74, 6) is 0. The van der Waals surface area contributed by atoms with Gasteiger partial charge in [0.05, 0.1) is 33.3 Å². The first kappa shape index (κ1) is 21.2.